The summed E-state index contributed by atoms with van der Waals surface area (Å²) in [4.78, 5) is 6.50. The summed E-state index contributed by atoms with van der Waals surface area (Å²) in [6.07, 6.45) is 4.82. The molecule has 18 heavy (non-hydrogen) atoms. The lowest BCUT2D eigenvalue weighted by Crippen LogP contribution is -2.23. The van der Waals surface area contributed by atoms with Gasteiger partial charge < -0.3 is 4.90 Å². The maximum Gasteiger partial charge on any atom is 0.0592 e. The second-order valence-corrected chi connectivity index (χ2v) is 5.09. The van der Waals surface area contributed by atoms with Crippen molar-refractivity contribution in [1.29, 1.82) is 0 Å². The molecule has 0 aliphatic carbocycles. The summed E-state index contributed by atoms with van der Waals surface area (Å²) in [6, 6.07) is 12.6. The number of anilines is 1. The summed E-state index contributed by atoms with van der Waals surface area (Å²) in [7, 11) is 0. The van der Waals surface area contributed by atoms with E-state index in [1.54, 1.807) is 0 Å². The Morgan fingerprint density at radius 1 is 1.17 bits per heavy atom. The fraction of sp³-hybridized carbons (Fsp3) is 0.267. The van der Waals surface area contributed by atoms with Gasteiger partial charge in [0.15, 0.2) is 0 Å². The van der Waals surface area contributed by atoms with Crippen molar-refractivity contribution in [3.05, 3.63) is 58.8 Å². The predicted molar refractivity (Wildman–Crippen MR) is 79.7 cm³/mol. The molecule has 0 unspecified atom stereocenters. The Morgan fingerprint density at radius 3 is 2.61 bits per heavy atom. The first-order valence-corrected chi connectivity index (χ1v) is 6.99. The molecule has 2 aromatic rings. The number of rotatable bonds is 5. The van der Waals surface area contributed by atoms with E-state index < -0.39 is 0 Å². The lowest BCUT2D eigenvalue weighted by atomic mass is 10.2. The van der Waals surface area contributed by atoms with Crippen LogP contribution in [0.3, 0.4) is 0 Å². The zero-order valence-corrected chi connectivity index (χ0v) is 12.1. The monoisotopic (exact) mass is 304 g/mol. The molecule has 0 saturated heterocycles. The molecule has 2 rings (SSSR count). The summed E-state index contributed by atoms with van der Waals surface area (Å²) in [5, 5.41) is 0. The van der Waals surface area contributed by atoms with E-state index in [1.807, 2.05) is 12.4 Å². The van der Waals surface area contributed by atoms with E-state index in [4.69, 9.17) is 0 Å². The Balaban J connectivity index is 2.21. The Labute approximate surface area is 117 Å². The fourth-order valence-electron chi connectivity index (χ4n) is 1.98. The number of hydrogen-bond acceptors (Lipinski definition) is 2. The van der Waals surface area contributed by atoms with E-state index in [1.165, 1.54) is 11.3 Å². The van der Waals surface area contributed by atoms with Crippen molar-refractivity contribution in [3.8, 4) is 0 Å². The highest BCUT2D eigenvalue weighted by Crippen LogP contribution is 2.26. The third-order valence-corrected chi connectivity index (χ3v) is 3.41. The number of halogens is 1. The van der Waals surface area contributed by atoms with Crippen molar-refractivity contribution in [3.63, 3.8) is 0 Å². The second kappa shape index (κ2) is 6.55. The van der Waals surface area contributed by atoms with Gasteiger partial charge in [-0.05, 0) is 34.0 Å². The van der Waals surface area contributed by atoms with Gasteiger partial charge in [-0.3, -0.25) is 4.98 Å². The second-order valence-electron chi connectivity index (χ2n) is 4.23. The van der Waals surface area contributed by atoms with Crippen LogP contribution in [0.5, 0.6) is 0 Å². The largest absolute Gasteiger partial charge is 0.366 e. The average molecular weight is 305 g/mol. The van der Waals surface area contributed by atoms with Crippen molar-refractivity contribution in [2.45, 2.75) is 19.9 Å². The molecule has 0 bridgehead atoms. The lowest BCUT2D eigenvalue weighted by Gasteiger charge is -2.25. The number of aromatic nitrogens is 1. The highest BCUT2D eigenvalue weighted by molar-refractivity contribution is 9.10. The summed E-state index contributed by atoms with van der Waals surface area (Å²) >= 11 is 3.58. The standard InChI is InChI=1S/C15H17BrN2/c1-2-10-18(12-13-6-4-3-5-7-13)15-8-9-17-11-14(15)16/h3-9,11H,2,10,12H2,1H3. The molecule has 0 saturated carbocycles. The van der Waals surface area contributed by atoms with Gasteiger partial charge in [0, 0.05) is 25.5 Å². The minimum absolute atomic E-state index is 0.928. The van der Waals surface area contributed by atoms with Crippen molar-refractivity contribution in [2.24, 2.45) is 0 Å². The molecule has 0 amide bonds. The smallest absolute Gasteiger partial charge is 0.0592 e. The number of hydrogen-bond donors (Lipinski definition) is 0. The van der Waals surface area contributed by atoms with Gasteiger partial charge in [0.25, 0.3) is 0 Å². The van der Waals surface area contributed by atoms with Crippen LogP contribution in [0.2, 0.25) is 0 Å². The van der Waals surface area contributed by atoms with Crippen LogP contribution < -0.4 is 4.90 Å². The van der Waals surface area contributed by atoms with E-state index in [2.05, 4.69) is 69.1 Å². The maximum absolute atomic E-state index is 4.12. The molecule has 0 radical (unpaired) electrons. The molecular weight excluding hydrogens is 288 g/mol. The van der Waals surface area contributed by atoms with Gasteiger partial charge in [0.2, 0.25) is 0 Å². The normalized spacial score (nSPS) is 10.3. The van der Waals surface area contributed by atoms with E-state index >= 15 is 0 Å². The third-order valence-electron chi connectivity index (χ3n) is 2.80. The Bertz CT molecular complexity index is 485. The molecule has 0 N–H and O–H groups in total. The summed E-state index contributed by atoms with van der Waals surface area (Å²) in [5.41, 5.74) is 2.53. The molecule has 1 heterocycles. The SMILES string of the molecule is CCCN(Cc1ccccc1)c1ccncc1Br. The average Bonchev–Trinajstić information content (AvgIpc) is 2.40. The van der Waals surface area contributed by atoms with Crippen LogP contribution in [0, 0.1) is 0 Å². The molecule has 1 aromatic heterocycles. The fourth-order valence-corrected chi connectivity index (χ4v) is 2.48. The Hall–Kier alpha value is -1.35. The molecule has 0 aliphatic rings. The molecule has 0 fully saturated rings. The number of pyridine rings is 1. The van der Waals surface area contributed by atoms with Crippen LogP contribution in [0.4, 0.5) is 5.69 Å². The number of nitrogens with zero attached hydrogens (tertiary/aromatic N) is 2. The highest BCUT2D eigenvalue weighted by Gasteiger charge is 2.09. The van der Waals surface area contributed by atoms with Gasteiger partial charge in [0.05, 0.1) is 10.2 Å². The van der Waals surface area contributed by atoms with Crippen LogP contribution in [0.15, 0.2) is 53.3 Å². The van der Waals surface area contributed by atoms with Crippen molar-refractivity contribution in [1.82, 2.24) is 4.98 Å². The molecule has 0 spiro atoms. The van der Waals surface area contributed by atoms with Gasteiger partial charge >= 0.3 is 0 Å². The van der Waals surface area contributed by atoms with E-state index in [0.717, 1.165) is 24.0 Å². The van der Waals surface area contributed by atoms with Crippen LogP contribution in [-0.2, 0) is 6.54 Å². The zero-order chi connectivity index (χ0) is 12.8. The molecule has 1 aromatic carbocycles. The van der Waals surface area contributed by atoms with Crippen molar-refractivity contribution < 1.29 is 0 Å². The first-order chi connectivity index (χ1) is 8.81. The quantitative estimate of drug-likeness (QED) is 0.820. The Morgan fingerprint density at radius 2 is 1.94 bits per heavy atom. The lowest BCUT2D eigenvalue weighted by molar-refractivity contribution is 0.765. The van der Waals surface area contributed by atoms with Gasteiger partial charge in [0.1, 0.15) is 0 Å². The van der Waals surface area contributed by atoms with E-state index in [0.29, 0.717) is 0 Å². The van der Waals surface area contributed by atoms with E-state index in [-0.39, 0.29) is 0 Å². The zero-order valence-electron chi connectivity index (χ0n) is 10.5. The van der Waals surface area contributed by atoms with Crippen molar-refractivity contribution in [2.75, 3.05) is 11.4 Å². The molecule has 3 heteroatoms. The van der Waals surface area contributed by atoms with Crippen LogP contribution in [0.1, 0.15) is 18.9 Å². The first kappa shape index (κ1) is 13.1. The van der Waals surface area contributed by atoms with Gasteiger partial charge in [-0.15, -0.1) is 0 Å². The maximum atomic E-state index is 4.12. The molecule has 0 aliphatic heterocycles. The highest BCUT2D eigenvalue weighted by atomic mass is 79.9. The van der Waals surface area contributed by atoms with Gasteiger partial charge in [-0.2, -0.15) is 0 Å². The van der Waals surface area contributed by atoms with Crippen LogP contribution in [0.25, 0.3) is 0 Å². The number of benzene rings is 1. The molecule has 94 valence electrons. The molecular formula is C15H17BrN2. The van der Waals surface area contributed by atoms with Crippen LogP contribution in [-0.4, -0.2) is 11.5 Å². The summed E-state index contributed by atoms with van der Waals surface area (Å²) in [5.74, 6) is 0. The third kappa shape index (κ3) is 3.33. The first-order valence-electron chi connectivity index (χ1n) is 6.19. The van der Waals surface area contributed by atoms with Crippen LogP contribution >= 0.6 is 15.9 Å². The van der Waals surface area contributed by atoms with Gasteiger partial charge in [-0.1, -0.05) is 37.3 Å². The Kier molecular flexibility index (Phi) is 4.76. The molecule has 2 nitrogen and oxygen atoms in total. The predicted octanol–water partition coefficient (Wildman–Crippen LogP) is 4.26. The minimum Gasteiger partial charge on any atom is -0.366 e. The molecule has 0 atom stereocenters. The summed E-state index contributed by atoms with van der Waals surface area (Å²) in [6.45, 7) is 4.17. The van der Waals surface area contributed by atoms with Crippen molar-refractivity contribution >= 4 is 21.6 Å². The van der Waals surface area contributed by atoms with Gasteiger partial charge in [-0.25, -0.2) is 0 Å². The topological polar surface area (TPSA) is 16.1 Å². The van der Waals surface area contributed by atoms with E-state index in [9.17, 15) is 0 Å². The minimum atomic E-state index is 0.928. The summed E-state index contributed by atoms with van der Waals surface area (Å²) < 4.78 is 1.05.